The van der Waals surface area contributed by atoms with Crippen molar-refractivity contribution < 1.29 is 39.5 Å². The van der Waals surface area contributed by atoms with E-state index >= 15 is 0 Å². The van der Waals surface area contributed by atoms with E-state index in [2.05, 4.69) is 19.9 Å². The second kappa shape index (κ2) is 8.28. The van der Waals surface area contributed by atoms with E-state index in [0.717, 1.165) is 5.32 Å². The van der Waals surface area contributed by atoms with Gasteiger partial charge in [-0.1, -0.05) is 17.7 Å². The summed E-state index contributed by atoms with van der Waals surface area (Å²) in [5.74, 6) is -2.83. The fourth-order valence-electron chi connectivity index (χ4n) is 1.91. The quantitative estimate of drug-likeness (QED) is 0.482. The molecule has 16 heteroatoms. The minimum absolute atomic E-state index is 0.135. The molecule has 30 heavy (non-hydrogen) atoms. The summed E-state index contributed by atoms with van der Waals surface area (Å²) in [6.45, 7) is 0.641. The van der Waals surface area contributed by atoms with E-state index in [-0.39, 0.29) is 10.8 Å². The largest absolute Gasteiger partial charge is 0.417 e. The maximum atomic E-state index is 12.8. The van der Waals surface area contributed by atoms with Gasteiger partial charge in [-0.2, -0.15) is 54.5 Å². The lowest BCUT2D eigenvalue weighted by molar-refractivity contribution is -0.242. The smallest absolute Gasteiger partial charge is 0.343 e. The molecule has 6 nitrogen and oxygen atoms in total. The van der Waals surface area contributed by atoms with E-state index in [4.69, 9.17) is 11.6 Å². The summed E-state index contributed by atoms with van der Waals surface area (Å²) < 4.78 is 115. The fraction of sp³-hybridized carbons (Fsp3) is 0.429. The molecule has 166 valence electrons. The zero-order chi connectivity index (χ0) is 22.9. The van der Waals surface area contributed by atoms with Crippen molar-refractivity contribution in [3.8, 4) is 11.5 Å². The molecule has 1 atom stereocenters. The van der Waals surface area contributed by atoms with Crippen LogP contribution in [0.2, 0.25) is 5.15 Å². The standard InChI is InChI=1S/C14H10ClF9N6/c1-5(12(16,17)18)25-10-27-8(6-3-2-4-7(15)26-6)28-11(30-10)29-9(13(19,20)21)14(22,23)24/h2-5,9H,1H3,(H2,25,27,28,29,30). The predicted octanol–water partition coefficient (Wildman–Crippen LogP) is 4.85. The number of hydrogen-bond donors (Lipinski definition) is 2. The number of aromatic nitrogens is 4. The molecule has 0 aromatic carbocycles. The van der Waals surface area contributed by atoms with E-state index in [9.17, 15) is 39.5 Å². The highest BCUT2D eigenvalue weighted by atomic mass is 35.5. The Balaban J connectivity index is 2.53. The van der Waals surface area contributed by atoms with Gasteiger partial charge in [-0.15, -0.1) is 0 Å². The first kappa shape index (κ1) is 23.7. The third-order valence-corrected chi connectivity index (χ3v) is 3.55. The maximum absolute atomic E-state index is 12.8. The molecule has 2 N–H and O–H groups in total. The highest BCUT2D eigenvalue weighted by Crippen LogP contribution is 2.35. The van der Waals surface area contributed by atoms with Crippen LogP contribution in [-0.4, -0.2) is 50.5 Å². The van der Waals surface area contributed by atoms with Gasteiger partial charge in [0.2, 0.25) is 17.9 Å². The van der Waals surface area contributed by atoms with Crippen LogP contribution in [-0.2, 0) is 0 Å². The summed E-state index contributed by atoms with van der Waals surface area (Å²) in [5, 5.41) is 2.65. The van der Waals surface area contributed by atoms with Crippen molar-refractivity contribution in [3.63, 3.8) is 0 Å². The lowest BCUT2D eigenvalue weighted by Gasteiger charge is -2.24. The minimum Gasteiger partial charge on any atom is -0.343 e. The molecule has 0 saturated carbocycles. The van der Waals surface area contributed by atoms with Crippen molar-refractivity contribution in [3.05, 3.63) is 23.4 Å². The first-order chi connectivity index (χ1) is 13.6. The zero-order valence-corrected chi connectivity index (χ0v) is 15.2. The average molecular weight is 469 g/mol. The molecule has 0 fully saturated rings. The highest BCUT2D eigenvalue weighted by Gasteiger charge is 2.57. The van der Waals surface area contributed by atoms with Crippen LogP contribution in [0.25, 0.3) is 11.5 Å². The number of alkyl halides is 9. The summed E-state index contributed by atoms with van der Waals surface area (Å²) >= 11 is 5.66. The van der Waals surface area contributed by atoms with E-state index < -0.39 is 48.3 Å². The van der Waals surface area contributed by atoms with Gasteiger partial charge in [0.25, 0.3) is 0 Å². The zero-order valence-electron chi connectivity index (χ0n) is 14.5. The summed E-state index contributed by atoms with van der Waals surface area (Å²) in [6, 6.07) is -2.58. The van der Waals surface area contributed by atoms with Gasteiger partial charge in [-0.3, -0.25) is 0 Å². The molecule has 1 unspecified atom stereocenters. The Morgan fingerprint density at radius 1 is 0.767 bits per heavy atom. The van der Waals surface area contributed by atoms with Crippen molar-refractivity contribution in [2.24, 2.45) is 0 Å². The van der Waals surface area contributed by atoms with Crippen molar-refractivity contribution in [2.75, 3.05) is 10.6 Å². The monoisotopic (exact) mass is 468 g/mol. The van der Waals surface area contributed by atoms with Crippen LogP contribution in [0, 0.1) is 0 Å². The number of hydrogen-bond acceptors (Lipinski definition) is 6. The second-order valence-electron chi connectivity index (χ2n) is 5.72. The lowest BCUT2D eigenvalue weighted by atomic mass is 10.3. The Bertz CT molecular complexity index is 869. The van der Waals surface area contributed by atoms with Gasteiger partial charge in [0.05, 0.1) is 0 Å². The average Bonchev–Trinajstić information content (AvgIpc) is 2.56. The molecular weight excluding hydrogens is 459 g/mol. The van der Waals surface area contributed by atoms with Gasteiger partial charge in [-0.25, -0.2) is 4.98 Å². The number of rotatable bonds is 5. The minimum atomic E-state index is -5.80. The van der Waals surface area contributed by atoms with E-state index in [1.165, 1.54) is 18.2 Å². The van der Waals surface area contributed by atoms with Crippen LogP contribution >= 0.6 is 11.6 Å². The summed E-state index contributed by atoms with van der Waals surface area (Å²) in [7, 11) is 0. The van der Waals surface area contributed by atoms with E-state index in [1.54, 1.807) is 5.32 Å². The van der Waals surface area contributed by atoms with E-state index in [0.29, 0.717) is 6.92 Å². The van der Waals surface area contributed by atoms with Gasteiger partial charge in [0.1, 0.15) is 16.9 Å². The van der Waals surface area contributed by atoms with Gasteiger partial charge >= 0.3 is 18.5 Å². The maximum Gasteiger partial charge on any atom is 0.417 e. The third-order valence-electron chi connectivity index (χ3n) is 3.34. The van der Waals surface area contributed by atoms with E-state index in [1.807, 2.05) is 0 Å². The third kappa shape index (κ3) is 6.21. The topological polar surface area (TPSA) is 75.6 Å². The number of nitrogens with one attached hydrogen (secondary N) is 2. The molecular formula is C14H10ClF9N6. The number of pyridine rings is 1. The molecule has 0 radical (unpaired) electrons. The first-order valence-electron chi connectivity index (χ1n) is 7.69. The molecule has 0 saturated heterocycles. The van der Waals surface area contributed by atoms with Crippen LogP contribution in [0.1, 0.15) is 6.92 Å². The Hall–Kier alpha value is -2.58. The van der Waals surface area contributed by atoms with Crippen molar-refractivity contribution >= 4 is 23.5 Å². The van der Waals surface area contributed by atoms with Gasteiger partial charge in [0, 0.05) is 0 Å². The SMILES string of the molecule is CC(Nc1nc(NC(C(F)(F)F)C(F)(F)F)nc(-c2cccc(Cl)n2)n1)C(F)(F)F. The van der Waals surface area contributed by atoms with Crippen molar-refractivity contribution in [1.29, 1.82) is 0 Å². The Morgan fingerprint density at radius 3 is 1.77 bits per heavy atom. The number of anilines is 2. The predicted molar refractivity (Wildman–Crippen MR) is 86.7 cm³/mol. The molecule has 2 rings (SSSR count). The molecule has 0 bridgehead atoms. The van der Waals surface area contributed by atoms with Crippen molar-refractivity contribution in [2.45, 2.75) is 37.5 Å². The molecule has 2 heterocycles. The number of halogens is 10. The van der Waals surface area contributed by atoms with Gasteiger partial charge < -0.3 is 10.6 Å². The van der Waals surface area contributed by atoms with Crippen LogP contribution in [0.3, 0.4) is 0 Å². The molecule has 0 aliphatic rings. The molecule has 0 aliphatic carbocycles. The van der Waals surface area contributed by atoms with Crippen LogP contribution in [0.4, 0.5) is 51.4 Å². The lowest BCUT2D eigenvalue weighted by Crippen LogP contribution is -2.48. The normalized spacial score (nSPS) is 14.0. The Morgan fingerprint density at radius 2 is 1.30 bits per heavy atom. The van der Waals surface area contributed by atoms with Crippen LogP contribution in [0.15, 0.2) is 18.2 Å². The second-order valence-corrected chi connectivity index (χ2v) is 6.11. The number of nitrogens with zero attached hydrogens (tertiary/aromatic N) is 4. The van der Waals surface area contributed by atoms with Gasteiger partial charge in [0.15, 0.2) is 5.82 Å². The van der Waals surface area contributed by atoms with Gasteiger partial charge in [-0.05, 0) is 19.1 Å². The Kier molecular flexibility index (Phi) is 6.54. The molecule has 0 amide bonds. The molecule has 0 spiro atoms. The molecule has 2 aromatic heterocycles. The summed E-state index contributed by atoms with van der Waals surface area (Å²) in [5.41, 5.74) is -0.230. The molecule has 2 aromatic rings. The Labute approximate surface area is 166 Å². The highest BCUT2D eigenvalue weighted by molar-refractivity contribution is 6.29. The first-order valence-corrected chi connectivity index (χ1v) is 8.07. The van der Waals surface area contributed by atoms with Crippen LogP contribution < -0.4 is 10.6 Å². The fourth-order valence-corrected chi connectivity index (χ4v) is 2.07. The molecule has 0 aliphatic heterocycles. The van der Waals surface area contributed by atoms with Crippen LogP contribution in [0.5, 0.6) is 0 Å². The summed E-state index contributed by atoms with van der Waals surface area (Å²) in [4.78, 5) is 13.9. The summed E-state index contributed by atoms with van der Waals surface area (Å²) in [6.07, 6.45) is -16.4. The van der Waals surface area contributed by atoms with Crippen molar-refractivity contribution in [1.82, 2.24) is 19.9 Å².